The molecule has 1 N–H and O–H groups in total. The molecular formula is C20H18FN5O2. The van der Waals surface area contributed by atoms with E-state index in [0.717, 1.165) is 16.7 Å². The van der Waals surface area contributed by atoms with Crippen LogP contribution in [0.5, 0.6) is 0 Å². The predicted octanol–water partition coefficient (Wildman–Crippen LogP) is 2.90. The summed E-state index contributed by atoms with van der Waals surface area (Å²) in [6.07, 6.45) is 3.48. The molecule has 0 saturated heterocycles. The van der Waals surface area contributed by atoms with Crippen LogP contribution in [-0.2, 0) is 16.1 Å². The molecule has 1 amide bonds. The molecular weight excluding hydrogens is 361 g/mol. The summed E-state index contributed by atoms with van der Waals surface area (Å²) in [4.78, 5) is 28.2. The van der Waals surface area contributed by atoms with Gasteiger partial charge >= 0.3 is 5.91 Å². The standard InChI is InChI=1S/C20H18FN5O2/c1-2-16(27)20(28)26-12-11-25-19(24-26)17(13-7-9-22-10-8-13)18(23-25)14-3-5-15(21)6-4-14/h3-10,24H,2,11-12H2,1H3. The average Bonchev–Trinajstić information content (AvgIpc) is 3.12. The van der Waals surface area contributed by atoms with Crippen LogP contribution in [0.4, 0.5) is 10.2 Å². The summed E-state index contributed by atoms with van der Waals surface area (Å²) in [5.41, 5.74) is 6.06. The average molecular weight is 379 g/mol. The number of anilines is 1. The first-order valence-electron chi connectivity index (χ1n) is 8.97. The van der Waals surface area contributed by atoms with Crippen LogP contribution >= 0.6 is 0 Å². The number of nitrogens with zero attached hydrogens (tertiary/aromatic N) is 4. The summed E-state index contributed by atoms with van der Waals surface area (Å²) in [6.45, 7) is 2.41. The fraction of sp³-hybridized carbons (Fsp3) is 0.200. The fourth-order valence-corrected chi connectivity index (χ4v) is 3.17. The van der Waals surface area contributed by atoms with Crippen molar-refractivity contribution in [2.45, 2.75) is 19.9 Å². The van der Waals surface area contributed by atoms with E-state index < -0.39 is 11.7 Å². The highest BCUT2D eigenvalue weighted by Crippen LogP contribution is 2.38. The van der Waals surface area contributed by atoms with Gasteiger partial charge in [-0.25, -0.2) is 14.1 Å². The number of benzene rings is 1. The maximum Gasteiger partial charge on any atom is 0.308 e. The van der Waals surface area contributed by atoms with Gasteiger partial charge in [-0.15, -0.1) is 0 Å². The van der Waals surface area contributed by atoms with Crippen LogP contribution in [0, 0.1) is 5.82 Å². The van der Waals surface area contributed by atoms with Crippen molar-refractivity contribution in [3.05, 3.63) is 54.6 Å². The number of rotatable bonds is 4. The Kier molecular flexibility index (Phi) is 4.60. The Balaban J connectivity index is 1.82. The van der Waals surface area contributed by atoms with E-state index in [4.69, 9.17) is 0 Å². The predicted molar refractivity (Wildman–Crippen MR) is 101 cm³/mol. The molecule has 3 heterocycles. The van der Waals surface area contributed by atoms with Gasteiger partial charge in [0.1, 0.15) is 11.5 Å². The molecule has 0 unspecified atom stereocenters. The quantitative estimate of drug-likeness (QED) is 0.705. The van der Waals surface area contributed by atoms with E-state index in [1.807, 2.05) is 12.1 Å². The van der Waals surface area contributed by atoms with Gasteiger partial charge in [0.15, 0.2) is 5.82 Å². The van der Waals surface area contributed by atoms with Gasteiger partial charge in [-0.1, -0.05) is 6.92 Å². The summed E-state index contributed by atoms with van der Waals surface area (Å²) < 4.78 is 15.1. The van der Waals surface area contributed by atoms with Crippen LogP contribution in [0.1, 0.15) is 13.3 Å². The van der Waals surface area contributed by atoms with E-state index in [1.54, 1.807) is 36.1 Å². The minimum absolute atomic E-state index is 0.147. The van der Waals surface area contributed by atoms with Gasteiger partial charge in [0, 0.05) is 24.4 Å². The van der Waals surface area contributed by atoms with Gasteiger partial charge in [-0.3, -0.25) is 20.0 Å². The van der Waals surface area contributed by atoms with Crippen molar-refractivity contribution in [1.29, 1.82) is 0 Å². The summed E-state index contributed by atoms with van der Waals surface area (Å²) in [6, 6.07) is 9.77. The van der Waals surface area contributed by atoms with E-state index in [9.17, 15) is 14.0 Å². The van der Waals surface area contributed by atoms with Gasteiger partial charge < -0.3 is 0 Å². The number of carbonyl (C=O) groups is 2. The van der Waals surface area contributed by atoms with E-state index in [-0.39, 0.29) is 12.2 Å². The number of ketones is 1. The van der Waals surface area contributed by atoms with Crippen molar-refractivity contribution in [3.63, 3.8) is 0 Å². The second-order valence-electron chi connectivity index (χ2n) is 6.38. The number of hydrogen-bond acceptors (Lipinski definition) is 5. The number of pyridine rings is 1. The first-order chi connectivity index (χ1) is 13.6. The van der Waals surface area contributed by atoms with Crippen molar-refractivity contribution in [1.82, 2.24) is 19.8 Å². The Morgan fingerprint density at radius 2 is 1.79 bits per heavy atom. The van der Waals surface area contributed by atoms with Crippen LogP contribution in [0.2, 0.25) is 0 Å². The zero-order valence-electron chi connectivity index (χ0n) is 15.2. The molecule has 0 radical (unpaired) electrons. The van der Waals surface area contributed by atoms with E-state index in [2.05, 4.69) is 15.5 Å². The number of Topliss-reactive ketones (excluding diaryl/α,β-unsaturated/α-hetero) is 1. The maximum atomic E-state index is 13.4. The minimum Gasteiger partial charge on any atom is -0.289 e. The Morgan fingerprint density at radius 3 is 2.46 bits per heavy atom. The topological polar surface area (TPSA) is 80.1 Å². The smallest absolute Gasteiger partial charge is 0.289 e. The van der Waals surface area contributed by atoms with Gasteiger partial charge in [0.2, 0.25) is 5.78 Å². The van der Waals surface area contributed by atoms with Crippen molar-refractivity contribution in [2.75, 3.05) is 12.0 Å². The lowest BCUT2D eigenvalue weighted by atomic mass is 10.0. The molecule has 0 bridgehead atoms. The first-order valence-corrected chi connectivity index (χ1v) is 8.97. The number of aromatic nitrogens is 3. The molecule has 28 heavy (non-hydrogen) atoms. The fourth-order valence-electron chi connectivity index (χ4n) is 3.17. The number of halogens is 1. The SMILES string of the molecule is CCC(=O)C(=O)N1CCn2nc(-c3ccc(F)cc3)c(-c3ccncc3)c2N1. The Morgan fingerprint density at radius 1 is 1.07 bits per heavy atom. The molecule has 1 aromatic carbocycles. The highest BCUT2D eigenvalue weighted by molar-refractivity contribution is 6.36. The molecule has 8 heteroatoms. The number of nitrogens with one attached hydrogen (secondary N) is 1. The highest BCUT2D eigenvalue weighted by Gasteiger charge is 2.29. The van der Waals surface area contributed by atoms with Gasteiger partial charge in [-0.05, 0) is 42.0 Å². The number of hydrazine groups is 1. The van der Waals surface area contributed by atoms with Gasteiger partial charge in [-0.2, -0.15) is 5.10 Å². The second kappa shape index (κ2) is 7.22. The zero-order valence-corrected chi connectivity index (χ0v) is 15.2. The van der Waals surface area contributed by atoms with Crippen LogP contribution < -0.4 is 5.43 Å². The molecule has 1 aliphatic rings. The Hall–Kier alpha value is -3.55. The number of fused-ring (bicyclic) bond motifs is 1. The minimum atomic E-state index is -0.570. The third-order valence-corrected chi connectivity index (χ3v) is 4.62. The molecule has 0 fully saturated rings. The molecule has 0 spiro atoms. The summed E-state index contributed by atoms with van der Waals surface area (Å²) in [5.74, 6) is -0.746. The molecule has 7 nitrogen and oxygen atoms in total. The molecule has 4 rings (SSSR count). The van der Waals surface area contributed by atoms with Crippen LogP contribution in [0.15, 0.2) is 48.8 Å². The number of hydrogen-bond donors (Lipinski definition) is 1. The lowest BCUT2D eigenvalue weighted by molar-refractivity contribution is -0.144. The van der Waals surface area contributed by atoms with E-state index in [1.165, 1.54) is 17.1 Å². The van der Waals surface area contributed by atoms with Crippen LogP contribution in [0.25, 0.3) is 22.4 Å². The molecule has 0 aliphatic carbocycles. The molecule has 1 aliphatic heterocycles. The lowest BCUT2D eigenvalue weighted by Gasteiger charge is -2.29. The molecule has 142 valence electrons. The summed E-state index contributed by atoms with van der Waals surface area (Å²) >= 11 is 0. The Labute approximate surface area is 160 Å². The monoisotopic (exact) mass is 379 g/mol. The lowest BCUT2D eigenvalue weighted by Crippen LogP contribution is -2.46. The van der Waals surface area contributed by atoms with E-state index >= 15 is 0 Å². The Bertz CT molecular complexity index is 1030. The van der Waals surface area contributed by atoms with Gasteiger partial charge in [0.05, 0.1) is 18.7 Å². The van der Waals surface area contributed by atoms with E-state index in [0.29, 0.717) is 24.6 Å². The normalized spacial score (nSPS) is 13.0. The molecule has 2 aromatic heterocycles. The van der Waals surface area contributed by atoms with Crippen LogP contribution in [0.3, 0.4) is 0 Å². The number of amides is 1. The van der Waals surface area contributed by atoms with Crippen molar-refractivity contribution < 1.29 is 14.0 Å². The third kappa shape index (κ3) is 3.13. The largest absolute Gasteiger partial charge is 0.308 e. The highest BCUT2D eigenvalue weighted by atomic mass is 19.1. The summed E-state index contributed by atoms with van der Waals surface area (Å²) in [7, 11) is 0. The zero-order chi connectivity index (χ0) is 19.7. The van der Waals surface area contributed by atoms with Crippen molar-refractivity contribution in [3.8, 4) is 22.4 Å². The third-order valence-electron chi connectivity index (χ3n) is 4.62. The van der Waals surface area contributed by atoms with Gasteiger partial charge in [0.25, 0.3) is 0 Å². The number of carbonyl (C=O) groups excluding carboxylic acids is 2. The second-order valence-corrected chi connectivity index (χ2v) is 6.38. The summed E-state index contributed by atoms with van der Waals surface area (Å²) in [5, 5.41) is 6.00. The first kappa shape index (κ1) is 17.8. The molecule has 0 saturated carbocycles. The van der Waals surface area contributed by atoms with Crippen molar-refractivity contribution in [2.24, 2.45) is 0 Å². The van der Waals surface area contributed by atoms with Crippen LogP contribution in [-0.4, -0.2) is 38.0 Å². The maximum absolute atomic E-state index is 13.4. The van der Waals surface area contributed by atoms with Crippen molar-refractivity contribution >= 4 is 17.5 Å². The molecule has 0 atom stereocenters. The molecule has 3 aromatic rings.